The lowest BCUT2D eigenvalue weighted by molar-refractivity contribution is 0.162. The van der Waals surface area contributed by atoms with Crippen LogP contribution in [0, 0.1) is 0 Å². The van der Waals surface area contributed by atoms with Crippen molar-refractivity contribution in [3.63, 3.8) is 0 Å². The van der Waals surface area contributed by atoms with E-state index in [2.05, 4.69) is 29.4 Å². The van der Waals surface area contributed by atoms with Gasteiger partial charge in [0.2, 0.25) is 0 Å². The quantitative estimate of drug-likeness (QED) is 0.833. The number of amides is 2. The summed E-state index contributed by atoms with van der Waals surface area (Å²) in [6.07, 6.45) is 8.61. The number of nitrogens with one attached hydrogen (secondary N) is 1. The molecule has 0 bridgehead atoms. The normalized spacial score (nSPS) is 14.9. The zero-order chi connectivity index (χ0) is 17.5. The van der Waals surface area contributed by atoms with Crippen molar-refractivity contribution in [2.75, 3.05) is 5.32 Å². The molecule has 3 rings (SSSR count). The molecule has 1 N–H and O–H groups in total. The molecule has 2 aromatic rings. The molecule has 4 heteroatoms. The Morgan fingerprint density at radius 1 is 1.12 bits per heavy atom. The third kappa shape index (κ3) is 4.81. The van der Waals surface area contributed by atoms with Gasteiger partial charge in [0.25, 0.3) is 0 Å². The van der Waals surface area contributed by atoms with Crippen LogP contribution in [0.4, 0.5) is 10.5 Å². The SMILES string of the molecule is CCc1ccc(NC(=O)N(Cc2ccccn2)C2CCCCC2)cc1. The van der Waals surface area contributed by atoms with E-state index in [1.807, 2.05) is 35.2 Å². The van der Waals surface area contributed by atoms with Gasteiger partial charge in [0.15, 0.2) is 0 Å². The molecule has 0 unspecified atom stereocenters. The van der Waals surface area contributed by atoms with E-state index in [4.69, 9.17) is 0 Å². The van der Waals surface area contributed by atoms with Crippen LogP contribution in [-0.4, -0.2) is 22.0 Å². The number of rotatable bonds is 5. The van der Waals surface area contributed by atoms with Gasteiger partial charge in [-0.1, -0.05) is 44.4 Å². The Hall–Kier alpha value is -2.36. The van der Waals surface area contributed by atoms with Crippen LogP contribution in [0.3, 0.4) is 0 Å². The minimum Gasteiger partial charge on any atom is -0.316 e. The van der Waals surface area contributed by atoms with Gasteiger partial charge in [-0.25, -0.2) is 4.79 Å². The second kappa shape index (κ2) is 8.65. The number of benzene rings is 1. The summed E-state index contributed by atoms with van der Waals surface area (Å²) >= 11 is 0. The molecule has 1 saturated carbocycles. The molecule has 0 radical (unpaired) electrons. The van der Waals surface area contributed by atoms with Crippen LogP contribution in [0.15, 0.2) is 48.7 Å². The summed E-state index contributed by atoms with van der Waals surface area (Å²) in [5.41, 5.74) is 3.06. The van der Waals surface area contributed by atoms with Crippen molar-refractivity contribution in [2.45, 2.75) is 58.0 Å². The number of pyridine rings is 1. The zero-order valence-corrected chi connectivity index (χ0v) is 14.9. The molecule has 4 nitrogen and oxygen atoms in total. The van der Waals surface area contributed by atoms with Gasteiger partial charge in [-0.15, -0.1) is 0 Å². The third-order valence-electron chi connectivity index (χ3n) is 4.95. The van der Waals surface area contributed by atoms with Crippen LogP contribution in [0.5, 0.6) is 0 Å². The number of nitrogens with zero attached hydrogens (tertiary/aromatic N) is 2. The summed E-state index contributed by atoms with van der Waals surface area (Å²) < 4.78 is 0. The number of hydrogen-bond acceptors (Lipinski definition) is 2. The maximum atomic E-state index is 13.0. The summed E-state index contributed by atoms with van der Waals surface area (Å²) in [4.78, 5) is 19.3. The lowest BCUT2D eigenvalue weighted by Crippen LogP contribution is -2.43. The van der Waals surface area contributed by atoms with Gasteiger partial charge >= 0.3 is 6.03 Å². The van der Waals surface area contributed by atoms with Crippen LogP contribution < -0.4 is 5.32 Å². The molecule has 25 heavy (non-hydrogen) atoms. The second-order valence-electron chi connectivity index (χ2n) is 6.72. The van der Waals surface area contributed by atoms with Gasteiger partial charge in [-0.05, 0) is 49.1 Å². The van der Waals surface area contributed by atoms with Crippen LogP contribution in [0.2, 0.25) is 0 Å². The number of anilines is 1. The maximum absolute atomic E-state index is 13.0. The first-order valence-corrected chi connectivity index (χ1v) is 9.32. The Balaban J connectivity index is 1.73. The number of aryl methyl sites for hydroxylation is 1. The average molecular weight is 337 g/mol. The summed E-state index contributed by atoms with van der Waals surface area (Å²) in [5, 5.41) is 3.07. The fourth-order valence-corrected chi connectivity index (χ4v) is 3.44. The van der Waals surface area contributed by atoms with Gasteiger partial charge in [0.05, 0.1) is 12.2 Å². The van der Waals surface area contributed by atoms with E-state index in [9.17, 15) is 4.79 Å². The van der Waals surface area contributed by atoms with Gasteiger partial charge in [0.1, 0.15) is 0 Å². The van der Waals surface area contributed by atoms with Crippen molar-refractivity contribution in [3.05, 3.63) is 59.9 Å². The molecule has 1 aliphatic carbocycles. The summed E-state index contributed by atoms with van der Waals surface area (Å²) in [6, 6.07) is 14.2. The molecule has 132 valence electrons. The smallest absolute Gasteiger partial charge is 0.316 e. The first-order chi connectivity index (χ1) is 12.3. The predicted molar refractivity (Wildman–Crippen MR) is 101 cm³/mol. The fourth-order valence-electron chi connectivity index (χ4n) is 3.44. The Labute approximate surface area is 150 Å². The lowest BCUT2D eigenvalue weighted by atomic mass is 9.94. The van der Waals surface area contributed by atoms with Crippen LogP contribution in [0.25, 0.3) is 0 Å². The highest BCUT2D eigenvalue weighted by Gasteiger charge is 2.26. The Morgan fingerprint density at radius 2 is 1.88 bits per heavy atom. The summed E-state index contributed by atoms with van der Waals surface area (Å²) in [6.45, 7) is 2.69. The molecule has 2 amide bonds. The van der Waals surface area contributed by atoms with E-state index in [1.54, 1.807) is 6.20 Å². The number of hydrogen-bond donors (Lipinski definition) is 1. The van der Waals surface area contributed by atoms with Crippen LogP contribution in [-0.2, 0) is 13.0 Å². The number of carbonyl (C=O) groups excluding carboxylic acids is 1. The highest BCUT2D eigenvalue weighted by molar-refractivity contribution is 5.89. The van der Waals surface area contributed by atoms with Gasteiger partial charge in [-0.3, -0.25) is 4.98 Å². The Bertz CT molecular complexity index is 663. The molecule has 1 aromatic heterocycles. The standard InChI is InChI=1S/C21H27N3O/c1-2-17-11-13-18(14-12-17)23-21(25)24(20-9-4-3-5-10-20)16-19-8-6-7-15-22-19/h6-8,11-15,20H,2-5,9-10,16H2,1H3,(H,23,25). The van der Waals surface area contributed by atoms with Crippen LogP contribution >= 0.6 is 0 Å². The first-order valence-electron chi connectivity index (χ1n) is 9.32. The first kappa shape index (κ1) is 17.5. The van der Waals surface area contributed by atoms with Gasteiger partial charge < -0.3 is 10.2 Å². The van der Waals surface area contributed by atoms with Crippen molar-refractivity contribution >= 4 is 11.7 Å². The van der Waals surface area contributed by atoms with Crippen LogP contribution in [0.1, 0.15) is 50.3 Å². The predicted octanol–water partition coefficient (Wildman–Crippen LogP) is 5.01. The molecule has 0 atom stereocenters. The molecule has 1 aromatic carbocycles. The lowest BCUT2D eigenvalue weighted by Gasteiger charge is -2.34. The van der Waals surface area contributed by atoms with E-state index < -0.39 is 0 Å². The summed E-state index contributed by atoms with van der Waals surface area (Å²) in [7, 11) is 0. The molecular weight excluding hydrogens is 310 g/mol. The average Bonchev–Trinajstić information content (AvgIpc) is 2.68. The van der Waals surface area contributed by atoms with E-state index in [1.165, 1.54) is 24.8 Å². The Morgan fingerprint density at radius 3 is 2.52 bits per heavy atom. The third-order valence-corrected chi connectivity index (χ3v) is 4.95. The van der Waals surface area contributed by atoms with Gasteiger partial charge in [-0.2, -0.15) is 0 Å². The van der Waals surface area contributed by atoms with E-state index in [-0.39, 0.29) is 6.03 Å². The van der Waals surface area contributed by atoms with E-state index in [0.29, 0.717) is 12.6 Å². The number of carbonyl (C=O) groups is 1. The highest BCUT2D eigenvalue weighted by atomic mass is 16.2. The second-order valence-corrected chi connectivity index (χ2v) is 6.72. The van der Waals surface area contributed by atoms with Gasteiger partial charge in [0, 0.05) is 17.9 Å². The molecule has 1 fully saturated rings. The molecule has 1 aliphatic rings. The largest absolute Gasteiger partial charge is 0.322 e. The van der Waals surface area contributed by atoms with Crippen molar-refractivity contribution < 1.29 is 4.79 Å². The molecular formula is C21H27N3O. The highest BCUT2D eigenvalue weighted by Crippen LogP contribution is 2.25. The van der Waals surface area contributed by atoms with E-state index in [0.717, 1.165) is 30.6 Å². The molecule has 1 heterocycles. The topological polar surface area (TPSA) is 45.2 Å². The van der Waals surface area contributed by atoms with E-state index >= 15 is 0 Å². The minimum absolute atomic E-state index is 0.0261. The number of urea groups is 1. The van der Waals surface area contributed by atoms with Crippen molar-refractivity contribution in [3.8, 4) is 0 Å². The minimum atomic E-state index is -0.0261. The molecule has 0 spiro atoms. The fraction of sp³-hybridized carbons (Fsp3) is 0.429. The van der Waals surface area contributed by atoms with Crippen molar-refractivity contribution in [2.24, 2.45) is 0 Å². The maximum Gasteiger partial charge on any atom is 0.322 e. The molecule has 0 aliphatic heterocycles. The number of aromatic nitrogens is 1. The zero-order valence-electron chi connectivity index (χ0n) is 14.9. The van der Waals surface area contributed by atoms with Crippen molar-refractivity contribution in [1.29, 1.82) is 0 Å². The van der Waals surface area contributed by atoms with Crippen molar-refractivity contribution in [1.82, 2.24) is 9.88 Å². The summed E-state index contributed by atoms with van der Waals surface area (Å²) in [5.74, 6) is 0. The Kier molecular flexibility index (Phi) is 6.04. The monoisotopic (exact) mass is 337 g/mol. The molecule has 0 saturated heterocycles.